The smallest absolute Gasteiger partial charge is 0.256 e. The predicted molar refractivity (Wildman–Crippen MR) is 100 cm³/mol. The van der Waals surface area contributed by atoms with E-state index in [1.807, 2.05) is 49.4 Å². The topological polar surface area (TPSA) is 72.2 Å². The van der Waals surface area contributed by atoms with Crippen LogP contribution in [0.25, 0.3) is 5.78 Å². The average Bonchev–Trinajstić information content (AvgIpc) is 2.98. The molecule has 0 aliphatic rings. The number of hydrogen-bond acceptors (Lipinski definition) is 5. The van der Waals surface area contributed by atoms with E-state index >= 15 is 0 Å². The van der Waals surface area contributed by atoms with Crippen LogP contribution < -0.4 is 5.32 Å². The fraction of sp³-hybridized carbons (Fsp3) is 0.333. The Kier molecular flexibility index (Phi) is 5.03. The van der Waals surface area contributed by atoms with Crippen LogP contribution >= 0.6 is 11.8 Å². The Morgan fingerprint density at radius 2 is 2.04 bits per heavy atom. The van der Waals surface area contributed by atoms with Crippen molar-refractivity contribution in [2.45, 2.75) is 39.3 Å². The summed E-state index contributed by atoms with van der Waals surface area (Å²) < 4.78 is 1.87. The molecular formula is C18H21N5OS. The van der Waals surface area contributed by atoms with Gasteiger partial charge >= 0.3 is 0 Å². The third-order valence-electron chi connectivity index (χ3n) is 4.00. The van der Waals surface area contributed by atoms with Gasteiger partial charge in [0.15, 0.2) is 5.16 Å². The molecular weight excluding hydrogens is 334 g/mol. The minimum absolute atomic E-state index is 0.0523. The molecule has 0 saturated carbocycles. The molecule has 0 saturated heterocycles. The van der Waals surface area contributed by atoms with Crippen LogP contribution in [0.3, 0.4) is 0 Å². The van der Waals surface area contributed by atoms with E-state index < -0.39 is 0 Å². The van der Waals surface area contributed by atoms with Gasteiger partial charge in [-0.1, -0.05) is 36.9 Å². The van der Waals surface area contributed by atoms with Gasteiger partial charge < -0.3 is 5.32 Å². The summed E-state index contributed by atoms with van der Waals surface area (Å²) in [6.45, 7) is 8.00. The number of nitrogens with zero attached hydrogens (tertiary/aromatic N) is 4. The monoisotopic (exact) mass is 355 g/mol. The van der Waals surface area contributed by atoms with Crippen molar-refractivity contribution in [1.29, 1.82) is 0 Å². The standard InChI is InChI=1S/C18H21N5OS/c1-5-14-8-6-7-11(2)16(14)20-15(24)10-25-18-22-21-17-19-12(3)9-13(4)23(17)18/h6-9H,5,10H2,1-4H3,(H,20,24). The average molecular weight is 355 g/mol. The van der Waals surface area contributed by atoms with Crippen LogP contribution in [0.1, 0.15) is 29.4 Å². The lowest BCUT2D eigenvalue weighted by atomic mass is 10.1. The summed E-state index contributed by atoms with van der Waals surface area (Å²) in [4.78, 5) is 16.8. The first kappa shape index (κ1) is 17.4. The maximum Gasteiger partial charge on any atom is 0.256 e. The number of para-hydroxylation sites is 1. The van der Waals surface area contributed by atoms with Gasteiger partial charge in [-0.2, -0.15) is 0 Å². The van der Waals surface area contributed by atoms with Crippen LogP contribution in [-0.2, 0) is 11.2 Å². The Hall–Kier alpha value is -2.41. The molecule has 0 fully saturated rings. The minimum Gasteiger partial charge on any atom is -0.325 e. The van der Waals surface area contributed by atoms with Crippen molar-refractivity contribution in [1.82, 2.24) is 19.6 Å². The zero-order chi connectivity index (χ0) is 18.0. The van der Waals surface area contributed by atoms with Crippen LogP contribution in [0.15, 0.2) is 29.4 Å². The largest absolute Gasteiger partial charge is 0.325 e. The molecule has 0 aliphatic heterocycles. The van der Waals surface area contributed by atoms with E-state index in [9.17, 15) is 4.79 Å². The Bertz CT molecular complexity index is 935. The fourth-order valence-electron chi connectivity index (χ4n) is 2.80. The molecule has 0 radical (unpaired) electrons. The summed E-state index contributed by atoms with van der Waals surface area (Å²) in [5, 5.41) is 12.0. The number of thioether (sulfide) groups is 1. The highest BCUT2D eigenvalue weighted by Gasteiger charge is 2.13. The number of nitrogens with one attached hydrogen (secondary N) is 1. The van der Waals surface area contributed by atoms with Crippen LogP contribution in [0.2, 0.25) is 0 Å². The number of carbonyl (C=O) groups excluding carboxylic acids is 1. The number of amides is 1. The van der Waals surface area contributed by atoms with E-state index in [-0.39, 0.29) is 11.7 Å². The molecule has 0 aliphatic carbocycles. The molecule has 1 aromatic carbocycles. The zero-order valence-corrected chi connectivity index (χ0v) is 15.6. The Morgan fingerprint density at radius 1 is 1.24 bits per heavy atom. The van der Waals surface area contributed by atoms with E-state index in [4.69, 9.17) is 0 Å². The molecule has 3 aromatic rings. The Morgan fingerprint density at radius 3 is 2.80 bits per heavy atom. The van der Waals surface area contributed by atoms with Gasteiger partial charge in [0.2, 0.25) is 5.91 Å². The summed E-state index contributed by atoms with van der Waals surface area (Å²) in [6, 6.07) is 8.03. The molecule has 0 spiro atoms. The van der Waals surface area contributed by atoms with Crippen molar-refractivity contribution in [3.8, 4) is 0 Å². The van der Waals surface area contributed by atoms with Crippen molar-refractivity contribution in [3.05, 3.63) is 46.8 Å². The molecule has 2 heterocycles. The first-order valence-corrected chi connectivity index (χ1v) is 9.18. The molecule has 6 nitrogen and oxygen atoms in total. The molecule has 1 amide bonds. The molecule has 3 rings (SSSR count). The van der Waals surface area contributed by atoms with E-state index in [2.05, 4.69) is 27.4 Å². The third kappa shape index (κ3) is 3.66. The first-order valence-electron chi connectivity index (χ1n) is 8.20. The van der Waals surface area contributed by atoms with E-state index in [1.54, 1.807) is 0 Å². The van der Waals surface area contributed by atoms with Crippen molar-refractivity contribution in [2.75, 3.05) is 11.1 Å². The van der Waals surface area contributed by atoms with Crippen LogP contribution in [0.5, 0.6) is 0 Å². The maximum absolute atomic E-state index is 12.4. The van der Waals surface area contributed by atoms with E-state index in [0.29, 0.717) is 10.9 Å². The second kappa shape index (κ2) is 7.23. The van der Waals surface area contributed by atoms with Gasteiger partial charge in [-0.15, -0.1) is 10.2 Å². The maximum atomic E-state index is 12.4. The van der Waals surface area contributed by atoms with Crippen molar-refractivity contribution >= 4 is 29.1 Å². The second-order valence-electron chi connectivity index (χ2n) is 5.96. The second-order valence-corrected chi connectivity index (χ2v) is 6.90. The lowest BCUT2D eigenvalue weighted by molar-refractivity contribution is -0.113. The SMILES string of the molecule is CCc1cccc(C)c1NC(=O)CSc1nnc2nc(C)cc(C)n12. The molecule has 0 unspecified atom stereocenters. The van der Waals surface area contributed by atoms with Crippen LogP contribution in [0, 0.1) is 20.8 Å². The number of benzene rings is 1. The van der Waals surface area contributed by atoms with Gasteiger partial charge in [0.05, 0.1) is 5.75 Å². The highest BCUT2D eigenvalue weighted by atomic mass is 32.2. The Balaban J connectivity index is 1.74. The van der Waals surface area contributed by atoms with Gasteiger partial charge in [-0.25, -0.2) is 4.98 Å². The summed E-state index contributed by atoms with van der Waals surface area (Å²) in [7, 11) is 0. The highest BCUT2D eigenvalue weighted by Crippen LogP contribution is 2.23. The van der Waals surface area contributed by atoms with Crippen LogP contribution in [-0.4, -0.2) is 31.2 Å². The third-order valence-corrected chi connectivity index (χ3v) is 4.93. The quantitative estimate of drug-likeness (QED) is 0.711. The lowest BCUT2D eigenvalue weighted by Crippen LogP contribution is -2.16. The fourth-order valence-corrected chi connectivity index (χ4v) is 3.59. The van der Waals surface area contributed by atoms with Gasteiger partial charge in [-0.3, -0.25) is 9.20 Å². The number of aryl methyl sites for hydroxylation is 4. The van der Waals surface area contributed by atoms with Crippen LogP contribution in [0.4, 0.5) is 5.69 Å². The summed E-state index contributed by atoms with van der Waals surface area (Å²) >= 11 is 1.36. The minimum atomic E-state index is -0.0523. The van der Waals surface area contributed by atoms with Gasteiger partial charge in [0.1, 0.15) is 0 Å². The van der Waals surface area contributed by atoms with Gasteiger partial charge in [0.25, 0.3) is 5.78 Å². The molecule has 7 heteroatoms. The number of fused-ring (bicyclic) bond motifs is 1. The van der Waals surface area contributed by atoms with Crippen molar-refractivity contribution in [3.63, 3.8) is 0 Å². The molecule has 0 bridgehead atoms. The number of hydrogen-bond donors (Lipinski definition) is 1. The molecule has 1 N–H and O–H groups in total. The zero-order valence-electron chi connectivity index (χ0n) is 14.8. The predicted octanol–water partition coefficient (Wildman–Crippen LogP) is 3.34. The normalized spacial score (nSPS) is 11.0. The summed E-state index contributed by atoms with van der Waals surface area (Å²) in [6.07, 6.45) is 0.878. The number of aromatic nitrogens is 4. The molecule has 25 heavy (non-hydrogen) atoms. The van der Waals surface area contributed by atoms with Crippen molar-refractivity contribution in [2.24, 2.45) is 0 Å². The summed E-state index contributed by atoms with van der Waals surface area (Å²) in [5.74, 6) is 0.780. The molecule has 2 aromatic heterocycles. The Labute approximate surface area is 151 Å². The number of carbonyl (C=O) groups is 1. The number of rotatable bonds is 5. The number of anilines is 1. The summed E-state index contributed by atoms with van der Waals surface area (Å²) in [5.41, 5.74) is 5.03. The highest BCUT2D eigenvalue weighted by molar-refractivity contribution is 7.99. The van der Waals surface area contributed by atoms with Gasteiger partial charge in [0, 0.05) is 17.1 Å². The van der Waals surface area contributed by atoms with Gasteiger partial charge in [-0.05, 0) is 44.4 Å². The molecule has 0 atom stereocenters. The van der Waals surface area contributed by atoms with Crippen molar-refractivity contribution < 1.29 is 4.79 Å². The molecule has 130 valence electrons. The van der Waals surface area contributed by atoms with E-state index in [0.717, 1.165) is 34.6 Å². The first-order chi connectivity index (χ1) is 12.0. The van der Waals surface area contributed by atoms with E-state index in [1.165, 1.54) is 11.8 Å². The lowest BCUT2D eigenvalue weighted by Gasteiger charge is -2.12.